The van der Waals surface area contributed by atoms with Gasteiger partial charge >= 0.3 is 6.18 Å². The normalized spacial score (nSPS) is 18.6. The van der Waals surface area contributed by atoms with Gasteiger partial charge in [-0.3, -0.25) is 24.8 Å². The summed E-state index contributed by atoms with van der Waals surface area (Å²) in [5.41, 5.74) is -1.57. The number of hydrogen-bond acceptors (Lipinski definition) is 8. The summed E-state index contributed by atoms with van der Waals surface area (Å²) < 4.78 is 39.6. The van der Waals surface area contributed by atoms with E-state index in [9.17, 15) is 28.1 Å². The summed E-state index contributed by atoms with van der Waals surface area (Å²) in [6, 6.07) is 7.07. The number of non-ortho nitro benzene ring substituents is 1. The molecule has 1 aromatic carbocycles. The molecule has 2 saturated heterocycles. The molecule has 4 heterocycles. The average molecular weight is 520 g/mol. The zero-order chi connectivity index (χ0) is 25.5. The van der Waals surface area contributed by atoms with Crippen LogP contribution in [0.25, 0.3) is 10.1 Å². The second-order valence-electron chi connectivity index (χ2n) is 9.51. The molecule has 190 valence electrons. The summed E-state index contributed by atoms with van der Waals surface area (Å²) >= 11 is 0.909. The maximum Gasteiger partial charge on any atom is 0.416 e. The third kappa shape index (κ3) is 4.92. The number of rotatable bonds is 4. The van der Waals surface area contributed by atoms with Crippen molar-refractivity contribution in [1.82, 2.24) is 14.9 Å². The van der Waals surface area contributed by atoms with Crippen molar-refractivity contribution in [2.75, 3.05) is 31.1 Å². The minimum absolute atomic E-state index is 0.0777. The van der Waals surface area contributed by atoms with Gasteiger partial charge in [0.1, 0.15) is 4.70 Å². The fraction of sp³-hybridized carbons (Fsp3) is 0.458. The van der Waals surface area contributed by atoms with Crippen LogP contribution in [0.4, 0.5) is 24.0 Å². The number of fused-ring (bicyclic) bond motifs is 1. The molecule has 8 nitrogen and oxygen atoms in total. The molecule has 0 atom stereocenters. The molecule has 2 aliphatic rings. The fourth-order valence-corrected chi connectivity index (χ4v) is 6.27. The predicted molar refractivity (Wildman–Crippen MR) is 130 cm³/mol. The summed E-state index contributed by atoms with van der Waals surface area (Å²) in [5, 5.41) is 11.5. The molecule has 0 aliphatic carbocycles. The standard InChI is InChI=1S/C24H24F3N5O3S/c25-24(26,27)16-13-18-20(19(14-16)32(34)35)36-22(29-21(18)33)31-11-6-23(7-12-31)4-9-30(10-5-23)15-17-3-1-2-8-28-17/h1-3,8,13-14H,4-7,9-12,15H2. The lowest BCUT2D eigenvalue weighted by Gasteiger charge is -2.47. The number of aromatic nitrogens is 2. The molecule has 12 heteroatoms. The number of alkyl halides is 3. The van der Waals surface area contributed by atoms with Gasteiger partial charge in [-0.05, 0) is 62.4 Å². The molecule has 2 aliphatic heterocycles. The second kappa shape index (κ2) is 9.40. The maximum absolute atomic E-state index is 13.2. The van der Waals surface area contributed by atoms with Gasteiger partial charge in [-0.15, -0.1) is 0 Å². The van der Waals surface area contributed by atoms with E-state index in [1.165, 1.54) is 0 Å². The summed E-state index contributed by atoms with van der Waals surface area (Å²) in [6.45, 7) is 4.07. The second-order valence-corrected chi connectivity index (χ2v) is 10.5. The van der Waals surface area contributed by atoms with Crippen LogP contribution in [0.3, 0.4) is 0 Å². The molecule has 3 aromatic rings. The Bertz CT molecular complexity index is 1330. The number of anilines is 1. The largest absolute Gasteiger partial charge is 0.416 e. The Morgan fingerprint density at radius 3 is 2.39 bits per heavy atom. The lowest BCUT2D eigenvalue weighted by molar-refractivity contribution is -0.383. The van der Waals surface area contributed by atoms with Crippen LogP contribution in [0.2, 0.25) is 0 Å². The van der Waals surface area contributed by atoms with Crippen LogP contribution in [0, 0.1) is 15.5 Å². The molecule has 0 bridgehead atoms. The quantitative estimate of drug-likeness (QED) is 0.359. The summed E-state index contributed by atoms with van der Waals surface area (Å²) in [7, 11) is 0. The Morgan fingerprint density at radius 2 is 1.78 bits per heavy atom. The fourth-order valence-electron chi connectivity index (χ4n) is 5.15. The number of nitro groups is 1. The lowest BCUT2D eigenvalue weighted by Crippen LogP contribution is -2.47. The number of hydrogen-bond donors (Lipinski definition) is 0. The van der Waals surface area contributed by atoms with Gasteiger partial charge in [0.2, 0.25) is 0 Å². The first kappa shape index (κ1) is 24.6. The molecule has 0 amide bonds. The number of piperidine rings is 2. The van der Waals surface area contributed by atoms with Crippen molar-refractivity contribution < 1.29 is 18.1 Å². The van der Waals surface area contributed by atoms with Crippen molar-refractivity contribution in [3.05, 3.63) is 68.3 Å². The highest BCUT2D eigenvalue weighted by Gasteiger charge is 2.39. The molecular weight excluding hydrogens is 495 g/mol. The molecule has 0 unspecified atom stereocenters. The molecule has 2 fully saturated rings. The van der Waals surface area contributed by atoms with Crippen LogP contribution in [-0.2, 0) is 12.7 Å². The summed E-state index contributed by atoms with van der Waals surface area (Å²) in [4.78, 5) is 36.1. The number of nitro benzene ring substituents is 1. The van der Waals surface area contributed by atoms with Crippen LogP contribution in [0.5, 0.6) is 0 Å². The smallest absolute Gasteiger partial charge is 0.348 e. The van der Waals surface area contributed by atoms with Crippen LogP contribution < -0.4 is 10.5 Å². The van der Waals surface area contributed by atoms with Gasteiger partial charge in [0, 0.05) is 31.9 Å². The number of pyridine rings is 1. The molecular formula is C24H24F3N5O3S. The van der Waals surface area contributed by atoms with Crippen LogP contribution >= 0.6 is 11.3 Å². The Labute approximate surface area is 208 Å². The number of likely N-dealkylation sites (tertiary alicyclic amines) is 1. The molecule has 2 aromatic heterocycles. The molecule has 0 radical (unpaired) electrons. The zero-order valence-corrected chi connectivity index (χ0v) is 20.1. The van der Waals surface area contributed by atoms with Gasteiger partial charge in [0.05, 0.1) is 21.6 Å². The number of halogens is 3. The van der Waals surface area contributed by atoms with Crippen molar-refractivity contribution >= 4 is 32.2 Å². The predicted octanol–water partition coefficient (Wildman–Crippen LogP) is 4.86. The highest BCUT2D eigenvalue weighted by Crippen LogP contribution is 2.44. The lowest BCUT2D eigenvalue weighted by atomic mass is 9.71. The van der Waals surface area contributed by atoms with Gasteiger partial charge in [-0.25, -0.2) is 0 Å². The van der Waals surface area contributed by atoms with E-state index in [0.717, 1.165) is 62.3 Å². The molecule has 0 saturated carbocycles. The van der Waals surface area contributed by atoms with E-state index in [-0.39, 0.29) is 15.5 Å². The highest BCUT2D eigenvalue weighted by molar-refractivity contribution is 7.22. The topological polar surface area (TPSA) is 92.5 Å². The molecule has 0 N–H and O–H groups in total. The van der Waals surface area contributed by atoms with Gasteiger partial charge in [0.15, 0.2) is 5.13 Å². The van der Waals surface area contributed by atoms with Crippen LogP contribution in [0.15, 0.2) is 41.3 Å². The van der Waals surface area contributed by atoms with Gasteiger partial charge < -0.3 is 4.90 Å². The van der Waals surface area contributed by atoms with Crippen LogP contribution in [-0.4, -0.2) is 46.0 Å². The first-order chi connectivity index (χ1) is 17.1. The molecule has 1 spiro atoms. The average Bonchev–Trinajstić information content (AvgIpc) is 2.85. The van der Waals surface area contributed by atoms with E-state index < -0.39 is 27.9 Å². The van der Waals surface area contributed by atoms with E-state index in [1.54, 1.807) is 6.20 Å². The van der Waals surface area contributed by atoms with E-state index >= 15 is 0 Å². The van der Waals surface area contributed by atoms with Gasteiger partial charge in [-0.1, -0.05) is 17.4 Å². The molecule has 36 heavy (non-hydrogen) atoms. The minimum Gasteiger partial charge on any atom is -0.348 e. The summed E-state index contributed by atoms with van der Waals surface area (Å²) in [5.74, 6) is 0. The number of benzene rings is 1. The van der Waals surface area contributed by atoms with Gasteiger partial charge in [-0.2, -0.15) is 18.2 Å². The van der Waals surface area contributed by atoms with E-state index in [2.05, 4.69) is 14.9 Å². The van der Waals surface area contributed by atoms with E-state index in [4.69, 9.17) is 0 Å². The monoisotopic (exact) mass is 519 g/mol. The van der Waals surface area contributed by atoms with E-state index in [0.29, 0.717) is 30.4 Å². The Hall–Kier alpha value is -3.12. The summed E-state index contributed by atoms with van der Waals surface area (Å²) in [6.07, 6.45) is 0.917. The Balaban J connectivity index is 1.31. The number of nitrogens with zero attached hydrogens (tertiary/aromatic N) is 5. The SMILES string of the molecule is O=c1nc(N2CCC3(CCN(Cc4ccccn4)CC3)CC2)sc2c([N+](=O)[O-])cc(C(F)(F)F)cc12. The van der Waals surface area contributed by atoms with E-state index in [1.807, 2.05) is 23.1 Å². The van der Waals surface area contributed by atoms with Crippen LogP contribution in [0.1, 0.15) is 36.9 Å². The first-order valence-corrected chi connectivity index (χ1v) is 12.5. The Morgan fingerprint density at radius 1 is 1.08 bits per heavy atom. The van der Waals surface area contributed by atoms with Crippen molar-refractivity contribution in [3.8, 4) is 0 Å². The minimum atomic E-state index is -4.80. The third-order valence-electron chi connectivity index (χ3n) is 7.34. The maximum atomic E-state index is 13.2. The van der Waals surface area contributed by atoms with Crippen molar-refractivity contribution in [2.24, 2.45) is 5.41 Å². The third-order valence-corrected chi connectivity index (χ3v) is 8.50. The molecule has 5 rings (SSSR count). The zero-order valence-electron chi connectivity index (χ0n) is 19.3. The van der Waals surface area contributed by atoms with Crippen molar-refractivity contribution in [1.29, 1.82) is 0 Å². The highest BCUT2D eigenvalue weighted by atomic mass is 32.1. The Kier molecular flexibility index (Phi) is 6.41. The van der Waals surface area contributed by atoms with Gasteiger partial charge in [0.25, 0.3) is 11.2 Å². The first-order valence-electron chi connectivity index (χ1n) is 11.7. The van der Waals surface area contributed by atoms with Crippen molar-refractivity contribution in [3.63, 3.8) is 0 Å². The van der Waals surface area contributed by atoms with Crippen molar-refractivity contribution in [2.45, 2.75) is 38.4 Å².